The summed E-state index contributed by atoms with van der Waals surface area (Å²) in [6, 6.07) is 0. The lowest BCUT2D eigenvalue weighted by Gasteiger charge is -2.43. The number of piperidine rings is 1. The third kappa shape index (κ3) is 4.22. The molecule has 0 amide bonds. The first kappa shape index (κ1) is 24.0. The minimum atomic E-state index is -4.53. The highest BCUT2D eigenvalue weighted by Crippen LogP contribution is 2.48. The van der Waals surface area contributed by atoms with Crippen LogP contribution in [0.15, 0.2) is 37.1 Å². The van der Waals surface area contributed by atoms with Gasteiger partial charge in [-0.1, -0.05) is 6.08 Å². The van der Waals surface area contributed by atoms with Gasteiger partial charge in [0.05, 0.1) is 22.2 Å². The molecule has 1 spiro atoms. The Morgan fingerprint density at radius 3 is 2.42 bits per heavy atom. The molecule has 1 fully saturated rings. The van der Waals surface area contributed by atoms with E-state index in [9.17, 15) is 18.0 Å². The molecule has 0 aromatic carbocycles. The van der Waals surface area contributed by atoms with Crippen molar-refractivity contribution in [3.05, 3.63) is 48.3 Å². The van der Waals surface area contributed by atoms with Gasteiger partial charge in [0, 0.05) is 38.7 Å². The Hall–Kier alpha value is -3.76. The van der Waals surface area contributed by atoms with Crippen molar-refractivity contribution in [2.45, 2.75) is 38.3 Å². The molecule has 8 nitrogen and oxygen atoms in total. The maximum Gasteiger partial charge on any atom is 0.419 e. The van der Waals surface area contributed by atoms with E-state index in [1.54, 1.807) is 0 Å². The van der Waals surface area contributed by atoms with Crippen molar-refractivity contribution < 1.29 is 18.0 Å². The number of nitrogens with zero attached hydrogens (tertiary/aromatic N) is 6. The number of hydrogen-bond acceptors (Lipinski definition) is 7. The van der Waals surface area contributed by atoms with Gasteiger partial charge in [0.1, 0.15) is 24.1 Å². The van der Waals surface area contributed by atoms with Crippen LogP contribution < -0.4 is 5.73 Å². The first-order valence-electron chi connectivity index (χ1n) is 11.8. The average molecular weight is 498 g/mol. The zero-order valence-corrected chi connectivity index (χ0v) is 19.8. The number of halogens is 3. The van der Waals surface area contributed by atoms with Crippen LogP contribution in [-0.2, 0) is 18.0 Å². The van der Waals surface area contributed by atoms with E-state index >= 15 is 0 Å². The second-order valence-electron chi connectivity index (χ2n) is 9.48. The number of rotatable bonds is 4. The van der Waals surface area contributed by atoms with E-state index in [0.29, 0.717) is 16.6 Å². The first-order valence-corrected chi connectivity index (χ1v) is 11.8. The van der Waals surface area contributed by atoms with Crippen LogP contribution in [0.1, 0.15) is 43.4 Å². The molecule has 1 aliphatic carbocycles. The largest absolute Gasteiger partial charge is 0.419 e. The Morgan fingerprint density at radius 2 is 1.81 bits per heavy atom. The van der Waals surface area contributed by atoms with Gasteiger partial charge in [-0.15, -0.1) is 0 Å². The highest BCUT2D eigenvalue weighted by atomic mass is 19.4. The predicted octanol–water partition coefficient (Wildman–Crippen LogP) is 4.39. The summed E-state index contributed by atoms with van der Waals surface area (Å²) in [6.45, 7) is 1.80. The topological polar surface area (TPSA) is 103 Å². The number of fused-ring (bicyclic) bond motifs is 1. The van der Waals surface area contributed by atoms with Gasteiger partial charge in [-0.25, -0.2) is 19.9 Å². The molecule has 1 saturated heterocycles. The second-order valence-corrected chi connectivity index (χ2v) is 9.48. The summed E-state index contributed by atoms with van der Waals surface area (Å²) in [5.74, 6) is 0.380. The molecule has 3 aromatic rings. The molecule has 2 N–H and O–H groups in total. The van der Waals surface area contributed by atoms with Gasteiger partial charge in [0.2, 0.25) is 0 Å². The van der Waals surface area contributed by atoms with Crippen LogP contribution in [-0.4, -0.2) is 48.8 Å². The summed E-state index contributed by atoms with van der Waals surface area (Å²) in [5.41, 5.74) is 8.50. The lowest BCUT2D eigenvalue weighted by Crippen LogP contribution is -2.38. The van der Waals surface area contributed by atoms with Crippen molar-refractivity contribution >= 4 is 28.7 Å². The van der Waals surface area contributed by atoms with E-state index in [4.69, 9.17) is 5.73 Å². The Kier molecular flexibility index (Phi) is 6.01. The quantitative estimate of drug-likeness (QED) is 0.421. The van der Waals surface area contributed by atoms with Gasteiger partial charge in [-0.3, -0.25) is 4.79 Å². The molecule has 5 rings (SSSR count). The number of anilines is 1. The zero-order chi connectivity index (χ0) is 25.5. The Bertz CT molecular complexity index is 1350. The molecule has 0 radical (unpaired) electrons. The van der Waals surface area contributed by atoms with E-state index in [1.165, 1.54) is 12.4 Å². The Labute approximate surface area is 205 Å². The summed E-state index contributed by atoms with van der Waals surface area (Å²) < 4.78 is 41.3. The van der Waals surface area contributed by atoms with Crippen molar-refractivity contribution in [2.24, 2.45) is 12.5 Å². The van der Waals surface area contributed by atoms with Crippen LogP contribution in [0.5, 0.6) is 0 Å². The molecule has 0 bridgehead atoms. The predicted molar refractivity (Wildman–Crippen MR) is 129 cm³/mol. The molecular formula is C25H26F3N7O. The highest BCUT2D eigenvalue weighted by Gasteiger charge is 2.37. The minimum Gasteiger partial charge on any atom is -0.383 e. The Balaban J connectivity index is 1.53. The fraction of sp³-hybridized carbons (Fsp3) is 0.400. The molecule has 36 heavy (non-hydrogen) atoms. The van der Waals surface area contributed by atoms with Crippen LogP contribution >= 0.6 is 0 Å². The van der Waals surface area contributed by atoms with E-state index in [-0.39, 0.29) is 17.1 Å². The van der Waals surface area contributed by atoms with E-state index in [2.05, 4.69) is 30.9 Å². The average Bonchev–Trinajstić information content (AvgIpc) is 3.17. The number of nitrogens with two attached hydrogens (primary N) is 1. The van der Waals surface area contributed by atoms with E-state index in [0.717, 1.165) is 75.1 Å². The number of hydrogen-bond donors (Lipinski definition) is 1. The van der Waals surface area contributed by atoms with Crippen molar-refractivity contribution in [3.63, 3.8) is 0 Å². The van der Waals surface area contributed by atoms with Crippen molar-refractivity contribution in [1.82, 2.24) is 29.4 Å². The van der Waals surface area contributed by atoms with Gasteiger partial charge < -0.3 is 15.2 Å². The van der Waals surface area contributed by atoms with E-state index < -0.39 is 11.7 Å². The number of aromatic nitrogens is 5. The van der Waals surface area contributed by atoms with Crippen LogP contribution in [0.2, 0.25) is 0 Å². The van der Waals surface area contributed by atoms with Gasteiger partial charge in [0.25, 0.3) is 0 Å². The lowest BCUT2D eigenvalue weighted by molar-refractivity contribution is -0.138. The smallest absolute Gasteiger partial charge is 0.383 e. The zero-order valence-electron chi connectivity index (χ0n) is 19.8. The number of likely N-dealkylation sites (tertiary alicyclic amines) is 1. The summed E-state index contributed by atoms with van der Waals surface area (Å²) in [4.78, 5) is 29.4. The van der Waals surface area contributed by atoms with E-state index in [1.807, 2.05) is 17.8 Å². The van der Waals surface area contributed by atoms with Crippen LogP contribution in [0, 0.1) is 5.41 Å². The maximum atomic E-state index is 13.1. The number of carbonyl (C=O) groups is 1. The molecule has 0 saturated carbocycles. The first-order chi connectivity index (χ1) is 17.2. The molecule has 1 aliphatic heterocycles. The number of aryl methyl sites for hydroxylation is 1. The number of allylic oxidation sites excluding steroid dienone is 3. The van der Waals surface area contributed by atoms with Crippen LogP contribution in [0.25, 0.3) is 28.0 Å². The fourth-order valence-electron chi connectivity index (χ4n) is 5.39. The SMILES string of the molecule is Cn1c(C2=CCC3(CC2)CCN(C=CC=O)CC3)c(-c2ncc(C(F)(F)F)cn2)c2c(N)ncnc21. The molecule has 0 unspecified atom stereocenters. The summed E-state index contributed by atoms with van der Waals surface area (Å²) >= 11 is 0. The summed E-state index contributed by atoms with van der Waals surface area (Å²) in [6.07, 6.45) is 9.56. The molecule has 188 valence electrons. The summed E-state index contributed by atoms with van der Waals surface area (Å²) in [7, 11) is 1.86. The fourth-order valence-corrected chi connectivity index (χ4v) is 5.39. The summed E-state index contributed by atoms with van der Waals surface area (Å²) in [5, 5.41) is 0.534. The third-order valence-corrected chi connectivity index (χ3v) is 7.44. The number of aldehydes is 1. The molecule has 2 aliphatic rings. The molecule has 11 heteroatoms. The molecule has 3 aromatic heterocycles. The van der Waals surface area contributed by atoms with Crippen LogP contribution in [0.3, 0.4) is 0 Å². The lowest BCUT2D eigenvalue weighted by atomic mass is 9.68. The van der Waals surface area contributed by atoms with Gasteiger partial charge in [0.15, 0.2) is 5.82 Å². The Morgan fingerprint density at radius 1 is 1.08 bits per heavy atom. The number of carbonyl (C=O) groups excluding carboxylic acids is 1. The minimum absolute atomic E-state index is 0.154. The standard InChI is InChI=1S/C25H26F3N7O/c1-34-20(16-3-5-24(6-4-16)7-10-35(11-8-24)9-2-12-36)18(19-21(29)32-15-33-23(19)34)22-30-13-17(14-31-22)25(26,27)28/h2-3,9,12-15H,4-8,10-11H2,1H3,(H2,29,32,33). The van der Waals surface area contributed by atoms with Crippen LogP contribution in [0.4, 0.5) is 19.0 Å². The molecular weight excluding hydrogens is 471 g/mol. The van der Waals surface area contributed by atoms with Gasteiger partial charge >= 0.3 is 6.18 Å². The molecule has 0 atom stereocenters. The number of nitrogen functional groups attached to an aromatic ring is 1. The maximum absolute atomic E-state index is 13.1. The van der Waals surface area contributed by atoms with Crippen molar-refractivity contribution in [1.29, 1.82) is 0 Å². The normalized spacial score (nSPS) is 18.2. The number of alkyl halides is 3. The van der Waals surface area contributed by atoms with Crippen molar-refractivity contribution in [3.8, 4) is 11.4 Å². The van der Waals surface area contributed by atoms with Gasteiger partial charge in [-0.05, 0) is 49.2 Å². The third-order valence-electron chi connectivity index (χ3n) is 7.44. The molecule has 4 heterocycles. The highest BCUT2D eigenvalue weighted by molar-refractivity contribution is 6.04. The van der Waals surface area contributed by atoms with Gasteiger partial charge in [-0.2, -0.15) is 13.2 Å². The van der Waals surface area contributed by atoms with Crippen molar-refractivity contribution in [2.75, 3.05) is 18.8 Å². The monoisotopic (exact) mass is 497 g/mol. The second kappa shape index (κ2) is 9.03.